The Balaban J connectivity index is 1.54. The highest BCUT2D eigenvalue weighted by Gasteiger charge is 2.60. The van der Waals surface area contributed by atoms with Gasteiger partial charge in [0.25, 0.3) is 0 Å². The second-order valence-corrected chi connectivity index (χ2v) is 8.41. The van der Waals surface area contributed by atoms with Gasteiger partial charge in [0.2, 0.25) is 5.91 Å². The van der Waals surface area contributed by atoms with Gasteiger partial charge in [-0.1, -0.05) is 6.92 Å². The number of β-lactam (4-membered cyclic amide) rings is 1. The molecule has 0 spiro atoms. The number of aliphatic hydroxyl groups is 1. The zero-order chi connectivity index (χ0) is 18.6. The Morgan fingerprint density at radius 2 is 2.27 bits per heavy atom. The van der Waals surface area contributed by atoms with E-state index in [4.69, 9.17) is 0 Å². The molecule has 0 aromatic carbocycles. The molecule has 0 bridgehead atoms. The predicted octanol–water partition coefficient (Wildman–Crippen LogP) is 0.0946. The lowest BCUT2D eigenvalue weighted by Gasteiger charge is -2.46. The van der Waals surface area contributed by atoms with Crippen molar-refractivity contribution < 1.29 is 19.8 Å². The normalized spacial score (nSPS) is 34.8. The van der Waals surface area contributed by atoms with E-state index < -0.39 is 18.0 Å². The zero-order valence-electron chi connectivity index (χ0n) is 14.4. The molecule has 1 amide bonds. The maximum absolute atomic E-state index is 12.4. The summed E-state index contributed by atoms with van der Waals surface area (Å²) in [5.74, 6) is -1.32. The molecule has 2 fully saturated rings. The van der Waals surface area contributed by atoms with E-state index in [0.717, 1.165) is 11.3 Å². The summed E-state index contributed by atoms with van der Waals surface area (Å²) >= 11 is 1.52. The number of amides is 1. The maximum atomic E-state index is 12.4. The van der Waals surface area contributed by atoms with Crippen molar-refractivity contribution in [3.8, 4) is 0 Å². The standard InChI is InChI=1S/C16H21N5O4S/c1-6-11-10(7(2)22)15(23)21(11)12(16(24)25)13(6)26-8-3-9(17-4-8)14-18-5-19-20-14/h5-11,17,22H,3-4H2,1-2H3,(H,24,25)(H,18,19,20)/t6-,7-,8+,9+,10-,11-/m1/s1. The van der Waals surface area contributed by atoms with Gasteiger partial charge in [-0.05, 0) is 13.3 Å². The van der Waals surface area contributed by atoms with E-state index in [2.05, 4.69) is 20.5 Å². The fourth-order valence-corrected chi connectivity index (χ4v) is 5.71. The topological polar surface area (TPSA) is 131 Å². The van der Waals surface area contributed by atoms with Crippen LogP contribution in [0.3, 0.4) is 0 Å². The molecule has 0 unspecified atom stereocenters. The summed E-state index contributed by atoms with van der Waals surface area (Å²) in [7, 11) is 0. The average Bonchev–Trinajstić information content (AvgIpc) is 3.28. The van der Waals surface area contributed by atoms with Crippen molar-refractivity contribution >= 4 is 23.6 Å². The summed E-state index contributed by atoms with van der Waals surface area (Å²) in [5, 5.41) is 29.9. The number of carbonyl (C=O) groups is 2. The van der Waals surface area contributed by atoms with E-state index in [-0.39, 0.29) is 34.9 Å². The highest BCUT2D eigenvalue weighted by atomic mass is 32.2. The molecule has 26 heavy (non-hydrogen) atoms. The van der Waals surface area contributed by atoms with Crippen molar-refractivity contribution in [3.63, 3.8) is 0 Å². The number of aliphatic carboxylic acids is 1. The summed E-state index contributed by atoms with van der Waals surface area (Å²) in [6.45, 7) is 4.24. The molecular weight excluding hydrogens is 358 g/mol. The van der Waals surface area contributed by atoms with Crippen LogP contribution in [0.4, 0.5) is 0 Å². The number of carbonyl (C=O) groups excluding carboxylic acids is 1. The molecule has 3 aliphatic heterocycles. The number of hydrogen-bond donors (Lipinski definition) is 4. The van der Waals surface area contributed by atoms with Gasteiger partial charge in [-0.15, -0.1) is 11.8 Å². The molecule has 2 saturated heterocycles. The van der Waals surface area contributed by atoms with Gasteiger partial charge in [-0.25, -0.2) is 9.78 Å². The van der Waals surface area contributed by atoms with Gasteiger partial charge < -0.3 is 20.4 Å². The van der Waals surface area contributed by atoms with Gasteiger partial charge in [0.05, 0.1) is 24.1 Å². The van der Waals surface area contributed by atoms with Crippen LogP contribution in [0.25, 0.3) is 0 Å². The summed E-state index contributed by atoms with van der Waals surface area (Å²) in [6, 6.07) is -0.234. The summed E-state index contributed by atoms with van der Waals surface area (Å²) in [4.78, 5) is 30.4. The van der Waals surface area contributed by atoms with Crippen molar-refractivity contribution in [2.75, 3.05) is 6.54 Å². The molecule has 6 atom stereocenters. The lowest BCUT2D eigenvalue weighted by molar-refractivity contribution is -0.163. The smallest absolute Gasteiger partial charge is 0.353 e. The van der Waals surface area contributed by atoms with Crippen molar-refractivity contribution in [2.24, 2.45) is 11.8 Å². The molecule has 140 valence electrons. The molecule has 4 N–H and O–H groups in total. The first-order valence-corrected chi connectivity index (χ1v) is 9.52. The number of carboxylic acids is 1. The molecule has 4 rings (SSSR count). The third kappa shape index (κ3) is 2.55. The van der Waals surface area contributed by atoms with Crippen LogP contribution in [0.1, 0.15) is 32.1 Å². The first kappa shape index (κ1) is 17.5. The van der Waals surface area contributed by atoms with Crippen molar-refractivity contribution in [1.82, 2.24) is 25.4 Å². The molecular formula is C16H21N5O4S. The summed E-state index contributed by atoms with van der Waals surface area (Å²) in [6.07, 6.45) is 1.53. The van der Waals surface area contributed by atoms with Gasteiger partial charge in [-0.2, -0.15) is 5.10 Å². The molecule has 10 heteroatoms. The Morgan fingerprint density at radius 3 is 2.88 bits per heavy atom. The molecule has 9 nitrogen and oxygen atoms in total. The Morgan fingerprint density at radius 1 is 1.50 bits per heavy atom. The van der Waals surface area contributed by atoms with Crippen LogP contribution in [-0.2, 0) is 9.59 Å². The van der Waals surface area contributed by atoms with Gasteiger partial charge in [0.1, 0.15) is 12.0 Å². The molecule has 1 aromatic rings. The Kier molecular flexibility index (Phi) is 4.28. The monoisotopic (exact) mass is 379 g/mol. The van der Waals surface area contributed by atoms with Crippen LogP contribution in [0.2, 0.25) is 0 Å². The van der Waals surface area contributed by atoms with Gasteiger partial charge in [0.15, 0.2) is 5.82 Å². The van der Waals surface area contributed by atoms with E-state index >= 15 is 0 Å². The summed E-state index contributed by atoms with van der Waals surface area (Å²) < 4.78 is 0. The lowest BCUT2D eigenvalue weighted by atomic mass is 9.79. The molecule has 0 saturated carbocycles. The fraction of sp³-hybridized carbons (Fsp3) is 0.625. The zero-order valence-corrected chi connectivity index (χ0v) is 15.2. The van der Waals surface area contributed by atoms with E-state index in [9.17, 15) is 19.8 Å². The number of nitrogens with zero attached hydrogens (tertiary/aromatic N) is 3. The summed E-state index contributed by atoms with van der Waals surface area (Å²) in [5.41, 5.74) is 0.0794. The highest BCUT2D eigenvalue weighted by molar-refractivity contribution is 8.03. The minimum atomic E-state index is -1.09. The van der Waals surface area contributed by atoms with Gasteiger partial charge >= 0.3 is 5.97 Å². The first-order chi connectivity index (χ1) is 12.4. The number of aliphatic hydroxyl groups excluding tert-OH is 1. The van der Waals surface area contributed by atoms with Crippen molar-refractivity contribution in [1.29, 1.82) is 0 Å². The lowest BCUT2D eigenvalue weighted by Crippen LogP contribution is -2.63. The Hall–Kier alpha value is -1.91. The number of aromatic nitrogens is 3. The Bertz CT molecular complexity index is 765. The second kappa shape index (κ2) is 6.36. The number of aromatic amines is 1. The minimum absolute atomic E-state index is 0.0354. The number of carboxylic acid groups (broad SMARTS) is 1. The molecule has 3 aliphatic rings. The maximum Gasteiger partial charge on any atom is 0.353 e. The Labute approximate surface area is 154 Å². The van der Waals surface area contributed by atoms with Crippen LogP contribution in [0, 0.1) is 11.8 Å². The molecule has 0 aliphatic carbocycles. The van der Waals surface area contributed by atoms with Crippen LogP contribution in [-0.4, -0.2) is 66.1 Å². The third-order valence-corrected chi connectivity index (χ3v) is 6.95. The molecule has 1 aromatic heterocycles. The number of nitrogens with one attached hydrogen (secondary N) is 2. The fourth-order valence-electron chi connectivity index (χ4n) is 4.23. The molecule has 0 radical (unpaired) electrons. The number of thioether (sulfide) groups is 1. The second-order valence-electron chi connectivity index (χ2n) is 7.07. The van der Waals surface area contributed by atoms with E-state index in [1.807, 2.05) is 6.92 Å². The number of H-pyrrole nitrogens is 1. The van der Waals surface area contributed by atoms with Gasteiger partial charge in [0, 0.05) is 22.6 Å². The van der Waals surface area contributed by atoms with E-state index in [1.54, 1.807) is 6.92 Å². The number of hydrogen-bond acceptors (Lipinski definition) is 7. The average molecular weight is 379 g/mol. The predicted molar refractivity (Wildman–Crippen MR) is 92.8 cm³/mol. The number of rotatable bonds is 5. The largest absolute Gasteiger partial charge is 0.477 e. The van der Waals surface area contributed by atoms with E-state index in [0.29, 0.717) is 12.4 Å². The van der Waals surface area contributed by atoms with Gasteiger partial charge in [-0.3, -0.25) is 9.89 Å². The van der Waals surface area contributed by atoms with Crippen molar-refractivity contribution in [2.45, 2.75) is 43.7 Å². The quantitative estimate of drug-likeness (QED) is 0.530. The van der Waals surface area contributed by atoms with Crippen molar-refractivity contribution in [3.05, 3.63) is 22.8 Å². The highest BCUT2D eigenvalue weighted by Crippen LogP contribution is 2.52. The number of fused-ring (bicyclic) bond motifs is 1. The van der Waals surface area contributed by atoms with Crippen LogP contribution in [0.15, 0.2) is 16.9 Å². The van der Waals surface area contributed by atoms with E-state index in [1.165, 1.54) is 23.0 Å². The van der Waals surface area contributed by atoms with Crippen LogP contribution >= 0.6 is 11.8 Å². The van der Waals surface area contributed by atoms with Crippen LogP contribution in [0.5, 0.6) is 0 Å². The minimum Gasteiger partial charge on any atom is -0.477 e. The SMILES string of the molecule is C[C@@H](O)[C@H]1C(=O)N2C(C(=O)O)=C(S[C@@H]3CN[C@H](c4nc[nH]n4)C3)[C@H](C)[C@H]12. The first-order valence-electron chi connectivity index (χ1n) is 8.64. The van der Waals surface area contributed by atoms with Crippen LogP contribution < -0.4 is 5.32 Å². The molecule has 4 heterocycles. The third-order valence-electron chi connectivity index (χ3n) is 5.44.